The number of carbonyl (C=O) groups excluding carboxylic acids is 3. The van der Waals surface area contributed by atoms with Crippen LogP contribution in [0.4, 0.5) is 29.0 Å². The number of aliphatic imine (C=N–C) groups is 6. The number of nitrogens with one attached hydrogen (secondary N) is 6. The molecule has 2 aliphatic rings. The summed E-state index contributed by atoms with van der Waals surface area (Å²) in [6.07, 6.45) is 0.778. The predicted molar refractivity (Wildman–Crippen MR) is 234 cm³/mol. The molecule has 0 spiro atoms. The highest BCUT2D eigenvalue weighted by Crippen LogP contribution is 2.46. The molecule has 5 rings (SSSR count). The summed E-state index contributed by atoms with van der Waals surface area (Å²) in [5, 5.41) is 18.3. The average molecular weight is 850 g/mol. The van der Waals surface area contributed by atoms with Crippen LogP contribution in [0.1, 0.15) is 47.0 Å². The minimum absolute atomic E-state index is 0.0198. The average Bonchev–Trinajstić information content (AvgIpc) is 3.18. The minimum Gasteiger partial charge on any atom is -0.421 e. The Labute approximate surface area is 349 Å². The number of ether oxygens (including phenoxy) is 1. The number of fused-ring (bicyclic) bond motifs is 2. The van der Waals surface area contributed by atoms with E-state index in [0.717, 1.165) is 0 Å². The molecule has 0 radical (unpaired) electrons. The third-order valence-electron chi connectivity index (χ3n) is 8.58. The molecule has 2 aromatic heterocycles. The molecular formula is C37H42Cl2N14O4S. The topological polar surface area (TPSA) is 233 Å². The van der Waals surface area contributed by atoms with Gasteiger partial charge in [-0.1, -0.05) is 43.1 Å². The molecule has 0 saturated carbocycles. The Bertz CT molecular complexity index is 2270. The molecule has 18 nitrogen and oxygen atoms in total. The van der Waals surface area contributed by atoms with Gasteiger partial charge in [0.05, 0.1) is 25.4 Å². The first-order valence-corrected chi connectivity index (χ1v) is 19.3. The van der Waals surface area contributed by atoms with Crippen molar-refractivity contribution in [2.75, 3.05) is 40.7 Å². The highest BCUT2D eigenvalue weighted by molar-refractivity contribution is 8.01. The van der Waals surface area contributed by atoms with E-state index in [9.17, 15) is 14.4 Å². The van der Waals surface area contributed by atoms with E-state index >= 15 is 0 Å². The molecule has 0 fully saturated rings. The zero-order valence-electron chi connectivity index (χ0n) is 32.5. The summed E-state index contributed by atoms with van der Waals surface area (Å²) >= 11 is 13.8. The van der Waals surface area contributed by atoms with Crippen molar-refractivity contribution in [3.05, 3.63) is 52.5 Å². The molecule has 58 heavy (non-hydrogen) atoms. The number of hydrogen-bond acceptors (Lipinski definition) is 10. The number of nitrogens with zero attached hydrogens (tertiary/aromatic N) is 8. The Kier molecular flexibility index (Phi) is 13.8. The Morgan fingerprint density at radius 1 is 0.879 bits per heavy atom. The molecule has 0 aliphatic carbocycles. The van der Waals surface area contributed by atoms with Crippen LogP contribution in [-0.4, -0.2) is 89.4 Å². The number of thioether (sulfide) groups is 1. The van der Waals surface area contributed by atoms with Gasteiger partial charge < -0.3 is 31.3 Å². The largest absolute Gasteiger partial charge is 0.421 e. The highest BCUT2D eigenvalue weighted by atomic mass is 35.5. The van der Waals surface area contributed by atoms with E-state index in [2.05, 4.69) is 85.3 Å². The Morgan fingerprint density at radius 2 is 1.52 bits per heavy atom. The van der Waals surface area contributed by atoms with Crippen LogP contribution < -0.4 is 36.6 Å². The molecule has 21 heteroatoms. The second-order valence-electron chi connectivity index (χ2n) is 13.6. The van der Waals surface area contributed by atoms with Crippen molar-refractivity contribution in [3.63, 3.8) is 0 Å². The summed E-state index contributed by atoms with van der Waals surface area (Å²) < 4.78 is 4.72. The van der Waals surface area contributed by atoms with Crippen molar-refractivity contribution in [2.24, 2.45) is 35.9 Å². The zero-order chi connectivity index (χ0) is 42.2. The summed E-state index contributed by atoms with van der Waals surface area (Å²) in [4.78, 5) is 73.6. The van der Waals surface area contributed by atoms with Gasteiger partial charge in [-0.3, -0.25) is 24.9 Å². The Morgan fingerprint density at radius 3 is 2.16 bits per heavy atom. The number of pyridine rings is 2. The standard InChI is InChI=1S/C37H42Cl2N14O4S/c1-19(2)18-26(54)49-35(43-8)52-34(42-7)48-25-15-13-23-29(46-25)50-30(55)37(4,58-23)17-16-36(3)31(56)57-22-12-14-24(45-28(22)53-36)47-33(41-6)51-32(40-5)44-21-11-9-10-20(38)27(21)39/h9-15,19H,5,8,16-18H2,1-4,6-7H3,(H3,41,44,45,47,51,53)(H3,42,46,48,49,50,52,54,55). The van der Waals surface area contributed by atoms with E-state index in [0.29, 0.717) is 38.9 Å². The molecule has 0 bridgehead atoms. The van der Waals surface area contributed by atoms with E-state index in [4.69, 9.17) is 27.9 Å². The van der Waals surface area contributed by atoms with Crippen molar-refractivity contribution < 1.29 is 19.1 Å². The number of guanidine groups is 4. The third kappa shape index (κ3) is 10.5. The lowest BCUT2D eigenvalue weighted by molar-refractivity contribution is -0.140. The third-order valence-corrected chi connectivity index (χ3v) is 10.8. The fourth-order valence-electron chi connectivity index (χ4n) is 5.42. The number of halogens is 2. The molecule has 304 valence electrons. The summed E-state index contributed by atoms with van der Waals surface area (Å²) in [6, 6.07) is 11.8. The van der Waals surface area contributed by atoms with Crippen LogP contribution in [0.25, 0.3) is 0 Å². The lowest BCUT2D eigenvalue weighted by Crippen LogP contribution is -2.51. The van der Waals surface area contributed by atoms with Gasteiger partial charge in [-0.25, -0.2) is 24.7 Å². The van der Waals surface area contributed by atoms with Crippen LogP contribution in [0.15, 0.2) is 77.3 Å². The van der Waals surface area contributed by atoms with Crippen LogP contribution in [0, 0.1) is 5.92 Å². The highest BCUT2D eigenvalue weighted by Gasteiger charge is 2.46. The van der Waals surface area contributed by atoms with Crippen LogP contribution in [0.2, 0.25) is 10.0 Å². The lowest BCUT2D eigenvalue weighted by Gasteiger charge is -2.38. The number of hydrogen-bond donors (Lipinski definition) is 6. The molecule has 2 unspecified atom stereocenters. The number of carbonyl (C=O) groups is 3. The quantitative estimate of drug-likeness (QED) is 0.0832. The maximum absolute atomic E-state index is 13.6. The van der Waals surface area contributed by atoms with Gasteiger partial charge in [-0.15, -0.1) is 11.8 Å². The van der Waals surface area contributed by atoms with Gasteiger partial charge in [0.1, 0.15) is 23.0 Å². The van der Waals surface area contributed by atoms with Gasteiger partial charge in [-0.05, 0) is 82.4 Å². The summed E-state index contributed by atoms with van der Waals surface area (Å²) in [5.74, 6) is 0.924. The molecule has 1 aromatic carbocycles. The van der Waals surface area contributed by atoms with Crippen molar-refractivity contribution in [3.8, 4) is 5.75 Å². The molecule has 2 aliphatic heterocycles. The van der Waals surface area contributed by atoms with Gasteiger partial charge >= 0.3 is 5.97 Å². The van der Waals surface area contributed by atoms with E-state index in [1.807, 2.05) is 13.8 Å². The number of rotatable bonds is 8. The molecule has 3 aromatic rings. The predicted octanol–water partition coefficient (Wildman–Crippen LogP) is 6.34. The fourth-order valence-corrected chi connectivity index (χ4v) is 6.93. The Balaban J connectivity index is 1.24. The Hall–Kier alpha value is -5.92. The van der Waals surface area contributed by atoms with Crippen LogP contribution in [0.5, 0.6) is 5.75 Å². The van der Waals surface area contributed by atoms with Crippen molar-refractivity contribution in [1.82, 2.24) is 15.3 Å². The van der Waals surface area contributed by atoms with Gasteiger partial charge in [0, 0.05) is 20.5 Å². The summed E-state index contributed by atoms with van der Waals surface area (Å²) in [5.41, 5.74) is -0.766. The smallest absolute Gasteiger partial charge is 0.337 e. The number of aromatic nitrogens is 2. The lowest BCUT2D eigenvalue weighted by atomic mass is 9.89. The normalized spacial score (nSPS) is 19.5. The number of esters is 1. The van der Waals surface area contributed by atoms with Crippen molar-refractivity contribution >= 4 is 119 Å². The van der Waals surface area contributed by atoms with Gasteiger partial charge in [0.2, 0.25) is 35.7 Å². The van der Waals surface area contributed by atoms with Gasteiger partial charge in [0.15, 0.2) is 11.6 Å². The molecule has 2 amide bonds. The second kappa shape index (κ2) is 18.6. The SMILES string of the molecule is C=NC(=NC(=NC)Nc1ccc2c(n1)NC(=O)C(C)(CCC1(C)Nc3nc(NC(=NC)N=C(N=C)Nc4cccc(Cl)c4Cl)ccc3OC1=O)S2)NC(=O)CC(C)C. The van der Waals surface area contributed by atoms with E-state index in [-0.39, 0.29) is 71.6 Å². The van der Waals surface area contributed by atoms with E-state index in [1.165, 1.54) is 25.9 Å². The first-order chi connectivity index (χ1) is 27.6. The van der Waals surface area contributed by atoms with Gasteiger partial charge in [0.25, 0.3) is 0 Å². The van der Waals surface area contributed by atoms with E-state index < -0.39 is 16.3 Å². The van der Waals surface area contributed by atoms with Crippen LogP contribution in [0.3, 0.4) is 0 Å². The summed E-state index contributed by atoms with van der Waals surface area (Å²) in [7, 11) is 3.04. The molecule has 4 heterocycles. The number of amides is 2. The molecule has 2 atom stereocenters. The van der Waals surface area contributed by atoms with Crippen molar-refractivity contribution in [2.45, 2.75) is 62.1 Å². The number of benzene rings is 1. The first-order valence-electron chi connectivity index (χ1n) is 17.7. The molecular weight excluding hydrogens is 807 g/mol. The first kappa shape index (κ1) is 43.2. The van der Waals surface area contributed by atoms with E-state index in [1.54, 1.807) is 56.3 Å². The number of anilines is 5. The van der Waals surface area contributed by atoms with Gasteiger partial charge in [-0.2, -0.15) is 9.98 Å². The van der Waals surface area contributed by atoms with Crippen LogP contribution >= 0.6 is 35.0 Å². The minimum atomic E-state index is -1.24. The second-order valence-corrected chi connectivity index (χ2v) is 16.0. The maximum atomic E-state index is 13.6. The summed E-state index contributed by atoms with van der Waals surface area (Å²) in [6.45, 7) is 14.4. The molecule has 0 saturated heterocycles. The van der Waals surface area contributed by atoms with Crippen molar-refractivity contribution in [1.29, 1.82) is 0 Å². The molecule has 6 N–H and O–H groups in total. The monoisotopic (exact) mass is 848 g/mol. The maximum Gasteiger partial charge on any atom is 0.337 e. The zero-order valence-corrected chi connectivity index (χ0v) is 34.9. The van der Waals surface area contributed by atoms with Crippen LogP contribution in [-0.2, 0) is 14.4 Å². The fraction of sp³-hybridized carbons (Fsp3) is 0.324.